The molecule has 6 N–H and O–H groups in total. The third-order valence-electron chi connectivity index (χ3n) is 6.54. The van der Waals surface area contributed by atoms with Gasteiger partial charge in [-0.25, -0.2) is 4.99 Å². The first kappa shape index (κ1) is 24.3. The monoisotopic (exact) mass is 442 g/mol. The first-order valence-electron chi connectivity index (χ1n) is 12.3. The van der Waals surface area contributed by atoms with Gasteiger partial charge in [-0.3, -0.25) is 10.2 Å². The number of nitrogens with two attached hydrogens (primary N) is 1. The number of guanidine groups is 2. The molecule has 2 aliphatic rings. The van der Waals surface area contributed by atoms with Gasteiger partial charge in [0.2, 0.25) is 11.9 Å². The summed E-state index contributed by atoms with van der Waals surface area (Å²) in [5, 5.41) is 13.3. The lowest BCUT2D eigenvalue weighted by Gasteiger charge is -2.23. The standard InChI is InChI=1S/C24H42N8/c1-3-32-16-8-11-22(32)17-27-24(29-18-28-20-9-6-4-5-7-10-20)31-23(25)30-21-14-12-19(26-2)13-15-21/h12-15,20,22,26,28H,3-11,16-18H2,1-2H3,(H4,25,27,29,30,31). The van der Waals surface area contributed by atoms with Crippen LogP contribution in [0.4, 0.5) is 11.4 Å². The maximum atomic E-state index is 6.22. The molecule has 1 aromatic carbocycles. The van der Waals surface area contributed by atoms with E-state index >= 15 is 0 Å². The molecule has 0 spiro atoms. The Hall–Kier alpha value is -2.32. The van der Waals surface area contributed by atoms with Crippen molar-refractivity contribution in [2.45, 2.75) is 70.4 Å². The molecule has 1 saturated carbocycles. The number of aliphatic imine (C=N–C) groups is 2. The molecule has 8 heteroatoms. The van der Waals surface area contributed by atoms with Gasteiger partial charge >= 0.3 is 0 Å². The maximum Gasteiger partial charge on any atom is 0.222 e. The Morgan fingerprint density at radius 2 is 1.75 bits per heavy atom. The van der Waals surface area contributed by atoms with Crippen LogP contribution in [0.2, 0.25) is 0 Å². The summed E-state index contributed by atoms with van der Waals surface area (Å²) in [4.78, 5) is 11.8. The highest BCUT2D eigenvalue weighted by molar-refractivity contribution is 6.01. The molecule has 3 rings (SSSR count). The summed E-state index contributed by atoms with van der Waals surface area (Å²) in [7, 11) is 1.90. The van der Waals surface area contributed by atoms with E-state index in [9.17, 15) is 0 Å². The predicted octanol–water partition coefficient (Wildman–Crippen LogP) is 3.15. The largest absolute Gasteiger partial charge is 0.388 e. The molecule has 0 radical (unpaired) electrons. The fourth-order valence-electron chi connectivity index (χ4n) is 4.63. The predicted molar refractivity (Wildman–Crippen MR) is 136 cm³/mol. The zero-order valence-corrected chi connectivity index (χ0v) is 19.9. The molecule has 0 amide bonds. The van der Waals surface area contributed by atoms with Crippen LogP contribution in [0.25, 0.3) is 0 Å². The summed E-state index contributed by atoms with van der Waals surface area (Å²) in [5.41, 5.74) is 8.17. The second kappa shape index (κ2) is 13.3. The molecule has 32 heavy (non-hydrogen) atoms. The number of anilines is 2. The Labute approximate surface area is 193 Å². The number of likely N-dealkylation sites (tertiary alicyclic amines) is 1. The van der Waals surface area contributed by atoms with E-state index in [1.165, 1.54) is 57.9 Å². The number of rotatable bonds is 8. The van der Waals surface area contributed by atoms with Crippen LogP contribution in [0.1, 0.15) is 58.3 Å². The smallest absolute Gasteiger partial charge is 0.222 e. The number of nitrogens with one attached hydrogen (secondary N) is 4. The van der Waals surface area contributed by atoms with Crippen molar-refractivity contribution >= 4 is 23.3 Å². The van der Waals surface area contributed by atoms with Gasteiger partial charge in [-0.2, -0.15) is 4.99 Å². The Morgan fingerprint density at radius 3 is 2.44 bits per heavy atom. The molecule has 1 aliphatic carbocycles. The number of hydrogen-bond donors (Lipinski definition) is 5. The number of nitrogens with zero attached hydrogens (tertiary/aromatic N) is 3. The fraction of sp³-hybridized carbons (Fsp3) is 0.667. The summed E-state index contributed by atoms with van der Waals surface area (Å²) in [5.74, 6) is 0.924. The summed E-state index contributed by atoms with van der Waals surface area (Å²) >= 11 is 0. The van der Waals surface area contributed by atoms with E-state index in [2.05, 4.69) is 38.1 Å². The third kappa shape index (κ3) is 7.98. The van der Waals surface area contributed by atoms with Crippen molar-refractivity contribution in [2.75, 3.05) is 44.0 Å². The van der Waals surface area contributed by atoms with Gasteiger partial charge in [0.15, 0.2) is 0 Å². The quantitative estimate of drug-likeness (QED) is 0.241. The van der Waals surface area contributed by atoms with Crippen LogP contribution in [-0.2, 0) is 0 Å². The van der Waals surface area contributed by atoms with Gasteiger partial charge in [-0.1, -0.05) is 32.6 Å². The molecule has 1 aromatic rings. The highest BCUT2D eigenvalue weighted by atomic mass is 15.2. The van der Waals surface area contributed by atoms with Crippen molar-refractivity contribution in [1.82, 2.24) is 15.5 Å². The molecule has 1 saturated heterocycles. The Morgan fingerprint density at radius 1 is 1.03 bits per heavy atom. The molecule has 0 bridgehead atoms. The minimum Gasteiger partial charge on any atom is -0.388 e. The van der Waals surface area contributed by atoms with E-state index in [1.54, 1.807) is 0 Å². The molecule has 1 unspecified atom stereocenters. The van der Waals surface area contributed by atoms with Crippen molar-refractivity contribution in [2.24, 2.45) is 15.7 Å². The average molecular weight is 443 g/mol. The van der Waals surface area contributed by atoms with Crippen LogP contribution in [0.3, 0.4) is 0 Å². The Bertz CT molecular complexity index is 722. The first-order chi connectivity index (χ1) is 15.7. The lowest BCUT2D eigenvalue weighted by molar-refractivity contribution is 0.267. The summed E-state index contributed by atoms with van der Waals surface area (Å²) in [6.07, 6.45) is 10.3. The van der Waals surface area contributed by atoms with Gasteiger partial charge in [0.05, 0.1) is 6.67 Å². The minimum atomic E-state index is 0.335. The zero-order chi connectivity index (χ0) is 22.6. The molecule has 178 valence electrons. The molecular formula is C24H42N8. The van der Waals surface area contributed by atoms with Gasteiger partial charge < -0.3 is 21.7 Å². The molecule has 1 aliphatic heterocycles. The minimum absolute atomic E-state index is 0.335. The van der Waals surface area contributed by atoms with Gasteiger partial charge in [0.25, 0.3) is 0 Å². The fourth-order valence-corrected chi connectivity index (χ4v) is 4.63. The second-order valence-electron chi connectivity index (χ2n) is 8.79. The molecular weight excluding hydrogens is 400 g/mol. The van der Waals surface area contributed by atoms with E-state index in [1.807, 2.05) is 31.3 Å². The van der Waals surface area contributed by atoms with E-state index in [0.29, 0.717) is 30.7 Å². The van der Waals surface area contributed by atoms with Gasteiger partial charge in [0.1, 0.15) is 0 Å². The summed E-state index contributed by atoms with van der Waals surface area (Å²) in [6, 6.07) is 9.03. The lowest BCUT2D eigenvalue weighted by atomic mass is 10.1. The lowest BCUT2D eigenvalue weighted by Crippen LogP contribution is -2.41. The Kier molecular flexibility index (Phi) is 10.1. The number of hydrogen-bond acceptors (Lipinski definition) is 4. The van der Waals surface area contributed by atoms with E-state index in [-0.39, 0.29) is 0 Å². The average Bonchev–Trinajstić information content (AvgIpc) is 3.11. The number of likely N-dealkylation sites (N-methyl/N-ethyl adjacent to an activating group) is 1. The van der Waals surface area contributed by atoms with Crippen molar-refractivity contribution in [3.8, 4) is 0 Å². The van der Waals surface area contributed by atoms with E-state index in [0.717, 1.165) is 24.5 Å². The molecule has 8 nitrogen and oxygen atoms in total. The van der Waals surface area contributed by atoms with Crippen molar-refractivity contribution < 1.29 is 0 Å². The SMILES string of the molecule is CCN1CCCC1CNC(=N/CNC1CCCCCC1)/N=C(\N)Nc1ccc(NC)cc1. The molecule has 1 heterocycles. The molecule has 0 aromatic heterocycles. The topological polar surface area (TPSA) is 102 Å². The van der Waals surface area contributed by atoms with Crippen LogP contribution in [0.5, 0.6) is 0 Å². The van der Waals surface area contributed by atoms with Gasteiger partial charge in [0, 0.05) is 37.1 Å². The third-order valence-corrected chi connectivity index (χ3v) is 6.54. The maximum absolute atomic E-state index is 6.22. The Balaban J connectivity index is 1.61. The highest BCUT2D eigenvalue weighted by Gasteiger charge is 2.22. The first-order valence-corrected chi connectivity index (χ1v) is 12.3. The summed E-state index contributed by atoms with van der Waals surface area (Å²) < 4.78 is 0. The van der Waals surface area contributed by atoms with Crippen molar-refractivity contribution in [1.29, 1.82) is 0 Å². The normalized spacial score (nSPS) is 21.4. The van der Waals surface area contributed by atoms with Crippen LogP contribution in [0.15, 0.2) is 34.3 Å². The molecule has 2 fully saturated rings. The van der Waals surface area contributed by atoms with Gasteiger partial charge in [-0.05, 0) is 63.0 Å². The second-order valence-corrected chi connectivity index (χ2v) is 8.79. The van der Waals surface area contributed by atoms with Crippen LogP contribution < -0.4 is 27.0 Å². The highest BCUT2D eigenvalue weighted by Crippen LogP contribution is 2.17. The van der Waals surface area contributed by atoms with Crippen molar-refractivity contribution in [3.05, 3.63) is 24.3 Å². The van der Waals surface area contributed by atoms with Gasteiger partial charge in [-0.15, -0.1) is 0 Å². The zero-order valence-electron chi connectivity index (χ0n) is 19.9. The van der Waals surface area contributed by atoms with Crippen LogP contribution >= 0.6 is 0 Å². The van der Waals surface area contributed by atoms with Crippen LogP contribution in [0, 0.1) is 0 Å². The number of benzene rings is 1. The van der Waals surface area contributed by atoms with E-state index in [4.69, 9.17) is 10.7 Å². The summed E-state index contributed by atoms with van der Waals surface area (Å²) in [6.45, 7) is 5.88. The van der Waals surface area contributed by atoms with Crippen LogP contribution in [-0.4, -0.2) is 62.3 Å². The van der Waals surface area contributed by atoms with E-state index < -0.39 is 0 Å². The van der Waals surface area contributed by atoms with Crippen molar-refractivity contribution in [3.63, 3.8) is 0 Å². The molecule has 1 atom stereocenters.